The Bertz CT molecular complexity index is 773. The van der Waals surface area contributed by atoms with E-state index in [1.165, 1.54) is 0 Å². The normalized spacial score (nSPS) is 24.9. The van der Waals surface area contributed by atoms with Crippen molar-refractivity contribution in [2.75, 3.05) is 4.90 Å². The SMILES string of the molecule is C=CC1(OCc2ccccc2)OC(=O)N2c3ccccc3CCC21. The Balaban J connectivity index is 1.64. The van der Waals surface area contributed by atoms with Crippen LogP contribution in [0.4, 0.5) is 10.5 Å². The molecule has 0 aromatic heterocycles. The number of aryl methyl sites for hydroxylation is 1. The summed E-state index contributed by atoms with van der Waals surface area (Å²) < 4.78 is 11.7. The van der Waals surface area contributed by atoms with Crippen LogP contribution in [0.15, 0.2) is 67.3 Å². The molecule has 24 heavy (non-hydrogen) atoms. The Kier molecular flexibility index (Phi) is 3.62. The zero-order chi connectivity index (χ0) is 16.6. The fourth-order valence-electron chi connectivity index (χ4n) is 3.54. The number of fused-ring (bicyclic) bond motifs is 3. The topological polar surface area (TPSA) is 38.8 Å². The van der Waals surface area contributed by atoms with Gasteiger partial charge in [0.15, 0.2) is 0 Å². The number of ether oxygens (including phenoxy) is 2. The number of amides is 1. The summed E-state index contributed by atoms with van der Waals surface area (Å²) in [5.74, 6) is -1.11. The van der Waals surface area contributed by atoms with Gasteiger partial charge in [0.25, 0.3) is 5.79 Å². The highest BCUT2D eigenvalue weighted by molar-refractivity contribution is 5.93. The van der Waals surface area contributed by atoms with E-state index in [9.17, 15) is 4.79 Å². The minimum absolute atomic E-state index is 0.193. The molecule has 2 aromatic rings. The lowest BCUT2D eigenvalue weighted by molar-refractivity contribution is -0.166. The molecule has 4 heteroatoms. The summed E-state index contributed by atoms with van der Waals surface area (Å²) in [5, 5.41) is 0. The maximum atomic E-state index is 12.5. The molecule has 1 fully saturated rings. The minimum atomic E-state index is -1.11. The van der Waals surface area contributed by atoms with Gasteiger partial charge in [0.2, 0.25) is 0 Å². The van der Waals surface area contributed by atoms with Crippen molar-refractivity contribution in [1.82, 2.24) is 0 Å². The van der Waals surface area contributed by atoms with Crippen LogP contribution in [-0.4, -0.2) is 17.9 Å². The van der Waals surface area contributed by atoms with Crippen molar-refractivity contribution in [3.05, 3.63) is 78.4 Å². The average Bonchev–Trinajstić information content (AvgIpc) is 2.94. The summed E-state index contributed by atoms with van der Waals surface area (Å²) in [5.41, 5.74) is 3.10. The van der Waals surface area contributed by atoms with Crippen LogP contribution < -0.4 is 4.90 Å². The summed E-state index contributed by atoms with van der Waals surface area (Å²) in [6, 6.07) is 17.6. The fraction of sp³-hybridized carbons (Fsp3) is 0.250. The number of benzene rings is 2. The van der Waals surface area contributed by atoms with E-state index >= 15 is 0 Å². The monoisotopic (exact) mass is 321 g/mol. The largest absolute Gasteiger partial charge is 0.417 e. The highest BCUT2D eigenvalue weighted by Crippen LogP contribution is 2.43. The third kappa shape index (κ3) is 2.31. The quantitative estimate of drug-likeness (QED) is 0.797. The van der Waals surface area contributed by atoms with E-state index in [1.807, 2.05) is 48.5 Å². The molecule has 4 rings (SSSR count). The molecule has 0 N–H and O–H groups in total. The Morgan fingerprint density at radius 2 is 1.96 bits per heavy atom. The third-order valence-electron chi connectivity index (χ3n) is 4.75. The maximum absolute atomic E-state index is 12.5. The van der Waals surface area contributed by atoms with Gasteiger partial charge in [-0.25, -0.2) is 4.79 Å². The predicted octanol–water partition coefficient (Wildman–Crippen LogP) is 4.06. The molecule has 2 aliphatic heterocycles. The van der Waals surface area contributed by atoms with Gasteiger partial charge in [0, 0.05) is 0 Å². The molecule has 0 bridgehead atoms. The van der Waals surface area contributed by atoms with Crippen LogP contribution in [0.3, 0.4) is 0 Å². The van der Waals surface area contributed by atoms with Crippen molar-refractivity contribution in [2.24, 2.45) is 0 Å². The van der Waals surface area contributed by atoms with Crippen LogP contribution in [0.25, 0.3) is 0 Å². The molecular formula is C20H19NO3. The lowest BCUT2D eigenvalue weighted by Crippen LogP contribution is -2.48. The third-order valence-corrected chi connectivity index (χ3v) is 4.75. The second kappa shape index (κ2) is 5.80. The van der Waals surface area contributed by atoms with Gasteiger partial charge in [-0.15, -0.1) is 0 Å². The number of rotatable bonds is 4. The van der Waals surface area contributed by atoms with Gasteiger partial charge in [0.05, 0.1) is 12.3 Å². The molecule has 2 aromatic carbocycles. The maximum Gasteiger partial charge on any atom is 0.417 e. The summed E-state index contributed by atoms with van der Waals surface area (Å²) in [7, 11) is 0. The predicted molar refractivity (Wildman–Crippen MR) is 91.7 cm³/mol. The van der Waals surface area contributed by atoms with Crippen LogP contribution in [0.1, 0.15) is 17.5 Å². The summed E-state index contributed by atoms with van der Waals surface area (Å²) in [6.45, 7) is 4.25. The number of hydrogen-bond donors (Lipinski definition) is 0. The first-order valence-corrected chi connectivity index (χ1v) is 8.15. The first kappa shape index (κ1) is 15.0. The number of cyclic esters (lactones) is 1. The molecule has 0 radical (unpaired) electrons. The van der Waals surface area contributed by atoms with Gasteiger partial charge >= 0.3 is 6.09 Å². The summed E-state index contributed by atoms with van der Waals surface area (Å²) in [6.07, 6.45) is 2.91. The molecule has 2 heterocycles. The Labute approximate surface area is 141 Å². The number of hydrogen-bond acceptors (Lipinski definition) is 3. The van der Waals surface area contributed by atoms with Crippen molar-refractivity contribution in [1.29, 1.82) is 0 Å². The van der Waals surface area contributed by atoms with Crippen LogP contribution in [0.2, 0.25) is 0 Å². The second-order valence-electron chi connectivity index (χ2n) is 6.12. The molecule has 1 amide bonds. The number of carbonyl (C=O) groups is 1. The van der Waals surface area contributed by atoms with E-state index in [-0.39, 0.29) is 12.1 Å². The molecule has 0 spiro atoms. The van der Waals surface area contributed by atoms with Gasteiger partial charge in [-0.3, -0.25) is 4.90 Å². The highest BCUT2D eigenvalue weighted by atomic mass is 16.7. The Morgan fingerprint density at radius 1 is 1.21 bits per heavy atom. The molecular weight excluding hydrogens is 302 g/mol. The Hall–Kier alpha value is -2.59. The smallest absolute Gasteiger partial charge is 0.410 e. The first-order valence-electron chi connectivity index (χ1n) is 8.15. The number of anilines is 1. The molecule has 2 unspecified atom stereocenters. The minimum Gasteiger partial charge on any atom is -0.410 e. The van der Waals surface area contributed by atoms with Crippen molar-refractivity contribution in [3.8, 4) is 0 Å². The molecule has 1 saturated heterocycles. The molecule has 122 valence electrons. The van der Waals surface area contributed by atoms with Crippen LogP contribution in [0, 0.1) is 0 Å². The zero-order valence-corrected chi connectivity index (χ0v) is 13.4. The fourth-order valence-corrected chi connectivity index (χ4v) is 3.54. The summed E-state index contributed by atoms with van der Waals surface area (Å²) in [4.78, 5) is 14.2. The van der Waals surface area contributed by atoms with E-state index < -0.39 is 5.79 Å². The van der Waals surface area contributed by atoms with Crippen LogP contribution >= 0.6 is 0 Å². The van der Waals surface area contributed by atoms with E-state index in [0.29, 0.717) is 6.61 Å². The number of nitrogens with zero attached hydrogens (tertiary/aromatic N) is 1. The van der Waals surface area contributed by atoms with E-state index in [4.69, 9.17) is 9.47 Å². The average molecular weight is 321 g/mol. The van der Waals surface area contributed by atoms with E-state index in [1.54, 1.807) is 11.0 Å². The second-order valence-corrected chi connectivity index (χ2v) is 6.12. The van der Waals surface area contributed by atoms with Crippen molar-refractivity contribution < 1.29 is 14.3 Å². The van der Waals surface area contributed by atoms with Crippen LogP contribution in [0.5, 0.6) is 0 Å². The molecule has 0 aliphatic carbocycles. The van der Waals surface area contributed by atoms with Crippen LogP contribution in [-0.2, 0) is 22.5 Å². The van der Waals surface area contributed by atoms with Gasteiger partial charge in [-0.1, -0.05) is 55.1 Å². The van der Waals surface area contributed by atoms with Gasteiger partial charge < -0.3 is 9.47 Å². The molecule has 0 saturated carbocycles. The van der Waals surface area contributed by atoms with Gasteiger partial charge in [0.1, 0.15) is 6.04 Å². The Morgan fingerprint density at radius 3 is 2.75 bits per heavy atom. The molecule has 2 aliphatic rings. The first-order chi connectivity index (χ1) is 11.7. The lowest BCUT2D eigenvalue weighted by atomic mass is 9.92. The van der Waals surface area contributed by atoms with Gasteiger partial charge in [-0.05, 0) is 36.1 Å². The number of para-hydroxylation sites is 1. The molecule has 2 atom stereocenters. The van der Waals surface area contributed by atoms with E-state index in [0.717, 1.165) is 29.7 Å². The lowest BCUT2D eigenvalue weighted by Gasteiger charge is -2.35. The number of carbonyl (C=O) groups excluding carboxylic acids is 1. The molecule has 4 nitrogen and oxygen atoms in total. The zero-order valence-electron chi connectivity index (χ0n) is 13.4. The standard InChI is InChI=1S/C20H19NO3/c1-2-20(23-14-15-8-4-3-5-9-15)18-13-12-16-10-6-7-11-17(16)21(18)19(22)24-20/h2-11,18H,1,12-14H2. The van der Waals surface area contributed by atoms with Gasteiger partial charge in [-0.2, -0.15) is 0 Å². The summed E-state index contributed by atoms with van der Waals surface area (Å²) >= 11 is 0. The van der Waals surface area contributed by atoms with Crippen molar-refractivity contribution in [3.63, 3.8) is 0 Å². The van der Waals surface area contributed by atoms with E-state index in [2.05, 4.69) is 12.6 Å². The highest BCUT2D eigenvalue weighted by Gasteiger charge is 2.55. The van der Waals surface area contributed by atoms with Crippen molar-refractivity contribution in [2.45, 2.75) is 31.3 Å². The van der Waals surface area contributed by atoms with Crippen molar-refractivity contribution >= 4 is 11.8 Å².